The zero-order valence-corrected chi connectivity index (χ0v) is 8.55. The molecule has 0 amide bonds. The Morgan fingerprint density at radius 3 is 2.85 bits per heavy atom. The fraction of sp³-hybridized carbons (Fsp3) is 0.250. The summed E-state index contributed by atoms with van der Waals surface area (Å²) in [6, 6.07) is 5.31. The summed E-state index contributed by atoms with van der Waals surface area (Å²) in [5, 5.41) is 0.517. The van der Waals surface area contributed by atoms with Crippen LogP contribution in [-0.2, 0) is 16.1 Å². The highest BCUT2D eigenvalue weighted by Crippen LogP contribution is 1.98. The summed E-state index contributed by atoms with van der Waals surface area (Å²) in [6.45, 7) is 0.149. The third kappa shape index (κ3) is 3.61. The van der Waals surface area contributed by atoms with Gasteiger partial charge in [-0.15, -0.1) is 0 Å². The van der Waals surface area contributed by atoms with Crippen LogP contribution < -0.4 is 17.0 Å². The Morgan fingerprint density at radius 1 is 1.62 bits per heavy atom. The molecule has 1 aromatic heterocycles. The van der Waals surface area contributed by atoms with Gasteiger partial charge in [0.2, 0.25) is 6.54 Å². The number of methoxy groups -OCH3 is 1. The van der Waals surface area contributed by atoms with Gasteiger partial charge in [-0.3, -0.25) is 0 Å². The predicted molar refractivity (Wildman–Crippen MR) is 43.7 cm³/mol. The maximum absolute atomic E-state index is 10.8. The highest BCUT2D eigenvalue weighted by Gasteiger charge is 2.11. The monoisotopic (exact) mass is 221 g/mol. The average Bonchev–Trinajstić information content (AvgIpc) is 2.09. The summed E-state index contributed by atoms with van der Waals surface area (Å²) >= 11 is 5.78. The fourth-order valence-corrected chi connectivity index (χ4v) is 0.976. The van der Waals surface area contributed by atoms with Gasteiger partial charge in [0, 0.05) is 12.1 Å². The number of ether oxygens (including phenoxy) is 1. The van der Waals surface area contributed by atoms with E-state index < -0.39 is 0 Å². The second kappa shape index (κ2) is 5.78. The summed E-state index contributed by atoms with van der Waals surface area (Å²) < 4.78 is 6.10. The van der Waals surface area contributed by atoms with Crippen molar-refractivity contribution < 1.29 is 26.5 Å². The maximum Gasteiger partial charge on any atom is 0.372 e. The maximum atomic E-state index is 10.8. The normalized spacial score (nSPS) is 8.77. The van der Waals surface area contributed by atoms with E-state index in [-0.39, 0.29) is 24.9 Å². The van der Waals surface area contributed by atoms with E-state index in [2.05, 4.69) is 4.74 Å². The van der Waals surface area contributed by atoms with Crippen LogP contribution in [0.15, 0.2) is 24.4 Å². The molecule has 0 bridgehead atoms. The third-order valence-electron chi connectivity index (χ3n) is 1.41. The van der Waals surface area contributed by atoms with E-state index in [1.807, 2.05) is 0 Å². The minimum atomic E-state index is -0.312. The Kier molecular flexibility index (Phi) is 5.42. The average molecular weight is 222 g/mol. The molecule has 1 aromatic rings. The zero-order valence-electron chi connectivity index (χ0n) is 7.04. The largest absolute Gasteiger partial charge is 1.00 e. The molecule has 13 heavy (non-hydrogen) atoms. The molecule has 72 valence electrons. The summed E-state index contributed by atoms with van der Waals surface area (Å²) in [5.41, 5.74) is 0. The predicted octanol–water partition coefficient (Wildman–Crippen LogP) is -2.20. The molecule has 0 aromatic carbocycles. The van der Waals surface area contributed by atoms with Crippen LogP contribution in [0.25, 0.3) is 0 Å². The molecule has 0 atom stereocenters. The van der Waals surface area contributed by atoms with Crippen LogP contribution in [0.4, 0.5) is 0 Å². The topological polar surface area (TPSA) is 30.2 Å². The molecule has 0 radical (unpaired) electrons. The van der Waals surface area contributed by atoms with Crippen molar-refractivity contribution in [3.8, 4) is 0 Å². The molecule has 0 aliphatic rings. The first kappa shape index (κ1) is 12.2. The highest BCUT2D eigenvalue weighted by molar-refractivity contribution is 6.28. The SMILES string of the molecule is COC(=O)C[n+]1ccccc1Cl.[Cl-]. The first-order valence-corrected chi connectivity index (χ1v) is 3.82. The van der Waals surface area contributed by atoms with E-state index in [0.29, 0.717) is 5.15 Å². The van der Waals surface area contributed by atoms with Gasteiger partial charge < -0.3 is 17.1 Å². The molecule has 3 nitrogen and oxygen atoms in total. The summed E-state index contributed by atoms with van der Waals surface area (Å²) in [4.78, 5) is 10.8. The van der Waals surface area contributed by atoms with Gasteiger partial charge in [-0.2, -0.15) is 4.57 Å². The number of nitrogens with zero attached hydrogens (tertiary/aromatic N) is 1. The molecule has 0 spiro atoms. The number of hydrogen-bond acceptors (Lipinski definition) is 2. The lowest BCUT2D eigenvalue weighted by Crippen LogP contribution is -3.00. The third-order valence-corrected chi connectivity index (χ3v) is 1.76. The first-order valence-electron chi connectivity index (χ1n) is 3.45. The lowest BCUT2D eigenvalue weighted by Gasteiger charge is -1.96. The summed E-state index contributed by atoms with van der Waals surface area (Å²) in [7, 11) is 1.35. The Balaban J connectivity index is 0.00000144. The molecule has 0 N–H and O–H groups in total. The minimum absolute atomic E-state index is 0. The Labute approximate surface area is 87.7 Å². The van der Waals surface area contributed by atoms with Crippen LogP contribution in [0.2, 0.25) is 5.15 Å². The van der Waals surface area contributed by atoms with E-state index in [0.717, 1.165) is 0 Å². The highest BCUT2D eigenvalue weighted by atomic mass is 35.5. The molecule has 0 fully saturated rings. The lowest BCUT2D eigenvalue weighted by atomic mass is 10.5. The van der Waals surface area contributed by atoms with E-state index in [1.165, 1.54) is 7.11 Å². The molecule has 1 rings (SSSR count). The van der Waals surface area contributed by atoms with Crippen LogP contribution in [-0.4, -0.2) is 13.1 Å². The molecule has 1 heterocycles. The van der Waals surface area contributed by atoms with Crippen LogP contribution >= 0.6 is 11.6 Å². The number of aromatic nitrogens is 1. The number of rotatable bonds is 2. The lowest BCUT2D eigenvalue weighted by molar-refractivity contribution is -0.683. The minimum Gasteiger partial charge on any atom is -1.00 e. The van der Waals surface area contributed by atoms with E-state index in [4.69, 9.17) is 11.6 Å². The van der Waals surface area contributed by atoms with Crippen molar-refractivity contribution in [1.82, 2.24) is 0 Å². The molecule has 0 saturated carbocycles. The second-order valence-electron chi connectivity index (χ2n) is 2.23. The standard InChI is InChI=1S/C8H9ClNO2.ClH/c1-12-8(11)6-10-5-3-2-4-7(10)9;/h2-5H,6H2,1H3;1H/q+1;/p-1. The molecular formula is C8H9Cl2NO2. The van der Waals surface area contributed by atoms with Crippen LogP contribution in [0.5, 0.6) is 0 Å². The van der Waals surface area contributed by atoms with Gasteiger partial charge in [0.1, 0.15) is 0 Å². The van der Waals surface area contributed by atoms with Crippen molar-refractivity contribution in [1.29, 1.82) is 0 Å². The zero-order chi connectivity index (χ0) is 8.97. The van der Waals surface area contributed by atoms with Gasteiger partial charge >= 0.3 is 5.97 Å². The van der Waals surface area contributed by atoms with Crippen LogP contribution in [0.3, 0.4) is 0 Å². The summed E-state index contributed by atoms with van der Waals surface area (Å²) in [6.07, 6.45) is 1.72. The van der Waals surface area contributed by atoms with Gasteiger partial charge in [-0.05, 0) is 17.7 Å². The number of carbonyl (C=O) groups is 1. The second-order valence-corrected chi connectivity index (χ2v) is 2.61. The molecule has 5 heteroatoms. The van der Waals surface area contributed by atoms with Crippen molar-refractivity contribution in [2.45, 2.75) is 6.54 Å². The number of hydrogen-bond donors (Lipinski definition) is 0. The Hall–Kier alpha value is -0.800. The van der Waals surface area contributed by atoms with Crippen molar-refractivity contribution in [2.75, 3.05) is 7.11 Å². The Bertz CT molecular complexity index is 291. The van der Waals surface area contributed by atoms with E-state index in [1.54, 1.807) is 29.0 Å². The molecule has 0 unspecified atom stereocenters. The molecular weight excluding hydrogens is 213 g/mol. The van der Waals surface area contributed by atoms with Gasteiger partial charge in [-0.25, -0.2) is 4.79 Å². The van der Waals surface area contributed by atoms with Gasteiger partial charge in [0.05, 0.1) is 7.11 Å². The fourth-order valence-electron chi connectivity index (χ4n) is 0.787. The molecule has 0 aliphatic heterocycles. The van der Waals surface area contributed by atoms with Gasteiger partial charge in [0.25, 0.3) is 5.15 Å². The summed E-state index contributed by atoms with van der Waals surface area (Å²) in [5.74, 6) is -0.312. The van der Waals surface area contributed by atoms with Crippen LogP contribution in [0, 0.1) is 0 Å². The molecule has 0 saturated heterocycles. The number of esters is 1. The smallest absolute Gasteiger partial charge is 0.372 e. The van der Waals surface area contributed by atoms with Crippen molar-refractivity contribution in [2.24, 2.45) is 0 Å². The number of pyridine rings is 1. The van der Waals surface area contributed by atoms with Crippen molar-refractivity contribution >= 4 is 17.6 Å². The first-order chi connectivity index (χ1) is 5.74. The van der Waals surface area contributed by atoms with E-state index >= 15 is 0 Å². The Morgan fingerprint density at radius 2 is 2.31 bits per heavy atom. The van der Waals surface area contributed by atoms with Crippen molar-refractivity contribution in [3.05, 3.63) is 29.5 Å². The number of halogens is 2. The van der Waals surface area contributed by atoms with Crippen LogP contribution in [0.1, 0.15) is 0 Å². The van der Waals surface area contributed by atoms with Gasteiger partial charge in [-0.1, -0.05) is 0 Å². The quantitative estimate of drug-likeness (QED) is 0.323. The van der Waals surface area contributed by atoms with Gasteiger partial charge in [0.15, 0.2) is 6.20 Å². The number of carbonyl (C=O) groups excluding carboxylic acids is 1. The van der Waals surface area contributed by atoms with Crippen molar-refractivity contribution in [3.63, 3.8) is 0 Å². The molecule has 0 aliphatic carbocycles. The van der Waals surface area contributed by atoms with E-state index in [9.17, 15) is 4.79 Å².